The highest BCUT2D eigenvalue weighted by atomic mass is 32.2. The average Bonchev–Trinajstić information content (AvgIpc) is 2.59. The van der Waals surface area contributed by atoms with Crippen LogP contribution in [0.4, 0.5) is 17.1 Å². The molecular formula is C17H19N3O5S. The van der Waals surface area contributed by atoms with Gasteiger partial charge in [0.2, 0.25) is 5.91 Å². The van der Waals surface area contributed by atoms with Crippen LogP contribution in [-0.2, 0) is 21.1 Å². The summed E-state index contributed by atoms with van der Waals surface area (Å²) >= 11 is 0. The van der Waals surface area contributed by atoms with E-state index in [0.29, 0.717) is 5.69 Å². The summed E-state index contributed by atoms with van der Waals surface area (Å²) in [5.74, 6) is -0.368. The van der Waals surface area contributed by atoms with Gasteiger partial charge in [0.1, 0.15) is 5.69 Å². The minimum Gasteiger partial charge on any atom is -0.371 e. The minimum atomic E-state index is -3.57. The zero-order valence-corrected chi connectivity index (χ0v) is 15.2. The summed E-state index contributed by atoms with van der Waals surface area (Å²) in [6.45, 7) is 1.77. The molecule has 0 aliphatic rings. The van der Waals surface area contributed by atoms with Crippen LogP contribution in [0.2, 0.25) is 0 Å². The van der Waals surface area contributed by atoms with Crippen molar-refractivity contribution in [2.24, 2.45) is 0 Å². The quantitative estimate of drug-likeness (QED) is 0.565. The lowest BCUT2D eigenvalue weighted by atomic mass is 10.1. The van der Waals surface area contributed by atoms with Gasteiger partial charge in [-0.15, -0.1) is 0 Å². The zero-order chi connectivity index (χ0) is 19.3. The Kier molecular flexibility index (Phi) is 5.93. The fourth-order valence-electron chi connectivity index (χ4n) is 2.36. The lowest BCUT2D eigenvalue weighted by molar-refractivity contribution is -0.384. The van der Waals surface area contributed by atoms with Crippen LogP contribution >= 0.6 is 0 Å². The van der Waals surface area contributed by atoms with Crippen LogP contribution in [0.1, 0.15) is 12.5 Å². The summed E-state index contributed by atoms with van der Waals surface area (Å²) in [4.78, 5) is 22.5. The Hall–Kier alpha value is -2.94. The van der Waals surface area contributed by atoms with E-state index in [-0.39, 0.29) is 23.0 Å². The monoisotopic (exact) mass is 377 g/mol. The fourth-order valence-corrected chi connectivity index (χ4v) is 3.00. The number of carbonyl (C=O) groups is 1. The largest absolute Gasteiger partial charge is 0.371 e. The Morgan fingerprint density at radius 2 is 1.85 bits per heavy atom. The normalized spacial score (nSPS) is 11.0. The van der Waals surface area contributed by atoms with Gasteiger partial charge in [0.25, 0.3) is 5.69 Å². The first kappa shape index (κ1) is 19.4. The SMILES string of the molecule is CCc1ccccc1NC(=O)CNc1ccc(S(C)(=O)=O)cc1[N+](=O)[O-]. The number of nitrogens with zero attached hydrogens (tertiary/aromatic N) is 1. The van der Waals surface area contributed by atoms with Crippen molar-refractivity contribution in [1.29, 1.82) is 0 Å². The van der Waals surface area contributed by atoms with Crippen molar-refractivity contribution in [2.45, 2.75) is 18.2 Å². The van der Waals surface area contributed by atoms with Gasteiger partial charge in [0.15, 0.2) is 9.84 Å². The molecule has 8 nitrogen and oxygen atoms in total. The van der Waals surface area contributed by atoms with Crippen molar-refractivity contribution in [3.8, 4) is 0 Å². The smallest absolute Gasteiger partial charge is 0.293 e. The lowest BCUT2D eigenvalue weighted by Crippen LogP contribution is -2.22. The molecule has 0 saturated heterocycles. The molecule has 0 saturated carbocycles. The van der Waals surface area contributed by atoms with Crippen LogP contribution in [0.15, 0.2) is 47.4 Å². The van der Waals surface area contributed by atoms with Crippen molar-refractivity contribution in [2.75, 3.05) is 23.4 Å². The molecule has 0 bridgehead atoms. The molecule has 0 aromatic heterocycles. The summed E-state index contributed by atoms with van der Waals surface area (Å²) < 4.78 is 23.1. The molecular weight excluding hydrogens is 358 g/mol. The van der Waals surface area contributed by atoms with Gasteiger partial charge in [0, 0.05) is 18.0 Å². The Balaban J connectivity index is 2.13. The Morgan fingerprint density at radius 3 is 2.46 bits per heavy atom. The van der Waals surface area contributed by atoms with Gasteiger partial charge < -0.3 is 10.6 Å². The van der Waals surface area contributed by atoms with Gasteiger partial charge >= 0.3 is 0 Å². The predicted molar refractivity (Wildman–Crippen MR) is 99.1 cm³/mol. The van der Waals surface area contributed by atoms with Gasteiger partial charge in [-0.1, -0.05) is 25.1 Å². The topological polar surface area (TPSA) is 118 Å². The summed E-state index contributed by atoms with van der Waals surface area (Å²) in [6.07, 6.45) is 1.72. The second kappa shape index (κ2) is 7.96. The van der Waals surface area contributed by atoms with Crippen molar-refractivity contribution in [3.05, 3.63) is 58.1 Å². The number of anilines is 2. The standard InChI is InChI=1S/C17H19N3O5S/c1-3-12-6-4-5-7-14(12)19-17(21)11-18-15-9-8-13(26(2,24)25)10-16(15)20(22)23/h4-10,18H,3,11H2,1-2H3,(H,19,21). The molecule has 0 heterocycles. The van der Waals surface area contributed by atoms with Crippen LogP contribution in [0, 0.1) is 10.1 Å². The molecule has 0 aliphatic carbocycles. The summed E-state index contributed by atoms with van der Waals surface area (Å²) in [5, 5.41) is 16.6. The van der Waals surface area contributed by atoms with Gasteiger partial charge in [-0.05, 0) is 30.2 Å². The molecule has 0 fully saturated rings. The molecule has 9 heteroatoms. The van der Waals surface area contributed by atoms with E-state index in [9.17, 15) is 23.3 Å². The van der Waals surface area contributed by atoms with E-state index in [0.717, 1.165) is 24.3 Å². The third-order valence-electron chi connectivity index (χ3n) is 3.71. The molecule has 2 aromatic carbocycles. The highest BCUT2D eigenvalue weighted by Crippen LogP contribution is 2.27. The molecule has 2 aromatic rings. The first-order chi connectivity index (χ1) is 12.2. The molecule has 26 heavy (non-hydrogen) atoms. The van der Waals surface area contributed by atoms with E-state index in [4.69, 9.17) is 0 Å². The average molecular weight is 377 g/mol. The number of para-hydroxylation sites is 1. The van der Waals surface area contributed by atoms with E-state index in [1.54, 1.807) is 12.1 Å². The number of nitro groups is 1. The Labute approximate surface area is 151 Å². The van der Waals surface area contributed by atoms with Crippen LogP contribution in [0.25, 0.3) is 0 Å². The molecule has 0 radical (unpaired) electrons. The van der Waals surface area contributed by atoms with E-state index in [2.05, 4.69) is 10.6 Å². The van der Waals surface area contributed by atoms with Crippen LogP contribution in [0.5, 0.6) is 0 Å². The second-order valence-corrected chi connectivity index (χ2v) is 7.64. The van der Waals surface area contributed by atoms with Crippen molar-refractivity contribution < 1.29 is 18.1 Å². The summed E-state index contributed by atoms with van der Waals surface area (Å²) in [5.41, 5.74) is 1.32. The number of nitro benzene ring substituents is 1. The van der Waals surface area contributed by atoms with E-state index in [1.165, 1.54) is 12.1 Å². The first-order valence-electron chi connectivity index (χ1n) is 7.82. The number of sulfone groups is 1. The van der Waals surface area contributed by atoms with Crippen LogP contribution in [0.3, 0.4) is 0 Å². The molecule has 2 rings (SSSR count). The Bertz CT molecular complexity index is 941. The van der Waals surface area contributed by atoms with Crippen molar-refractivity contribution in [3.63, 3.8) is 0 Å². The minimum absolute atomic E-state index is 0.0707. The molecule has 0 unspecified atom stereocenters. The van der Waals surface area contributed by atoms with Crippen LogP contribution in [-0.4, -0.2) is 32.0 Å². The van der Waals surface area contributed by atoms with E-state index >= 15 is 0 Å². The molecule has 0 aliphatic heterocycles. The number of aryl methyl sites for hydroxylation is 1. The third-order valence-corrected chi connectivity index (χ3v) is 4.82. The number of hydrogen-bond donors (Lipinski definition) is 2. The van der Waals surface area contributed by atoms with Gasteiger partial charge in [-0.25, -0.2) is 8.42 Å². The first-order valence-corrected chi connectivity index (χ1v) is 9.71. The number of rotatable bonds is 7. The highest BCUT2D eigenvalue weighted by Gasteiger charge is 2.19. The number of hydrogen-bond acceptors (Lipinski definition) is 6. The number of amides is 1. The molecule has 138 valence electrons. The number of carbonyl (C=O) groups excluding carboxylic acids is 1. The van der Waals surface area contributed by atoms with Gasteiger partial charge in [-0.2, -0.15) is 0 Å². The number of benzene rings is 2. The van der Waals surface area contributed by atoms with Crippen molar-refractivity contribution >= 4 is 32.8 Å². The van der Waals surface area contributed by atoms with Gasteiger partial charge in [0.05, 0.1) is 16.4 Å². The fraction of sp³-hybridized carbons (Fsp3) is 0.235. The molecule has 1 amide bonds. The lowest BCUT2D eigenvalue weighted by Gasteiger charge is -2.11. The molecule has 0 atom stereocenters. The molecule has 2 N–H and O–H groups in total. The molecule has 0 spiro atoms. The third kappa shape index (κ3) is 4.79. The van der Waals surface area contributed by atoms with Crippen LogP contribution < -0.4 is 10.6 Å². The maximum Gasteiger partial charge on any atom is 0.293 e. The predicted octanol–water partition coefficient (Wildman–Crippen LogP) is 2.61. The van der Waals surface area contributed by atoms with E-state index < -0.39 is 20.4 Å². The van der Waals surface area contributed by atoms with Gasteiger partial charge in [-0.3, -0.25) is 14.9 Å². The maximum atomic E-state index is 12.1. The van der Waals surface area contributed by atoms with E-state index in [1.807, 2.05) is 19.1 Å². The second-order valence-electron chi connectivity index (χ2n) is 5.62. The summed E-state index contributed by atoms with van der Waals surface area (Å²) in [7, 11) is -3.57. The van der Waals surface area contributed by atoms with Crippen molar-refractivity contribution in [1.82, 2.24) is 0 Å². The highest BCUT2D eigenvalue weighted by molar-refractivity contribution is 7.90. The number of nitrogens with one attached hydrogen (secondary N) is 2. The Morgan fingerprint density at radius 1 is 1.15 bits per heavy atom. The summed E-state index contributed by atoms with van der Waals surface area (Å²) in [6, 6.07) is 10.9. The maximum absolute atomic E-state index is 12.1. The zero-order valence-electron chi connectivity index (χ0n) is 14.4.